The van der Waals surface area contributed by atoms with Crippen LogP contribution < -0.4 is 9.62 Å². The van der Waals surface area contributed by atoms with Crippen LogP contribution in [0.4, 0.5) is 10.1 Å². The van der Waals surface area contributed by atoms with Crippen molar-refractivity contribution < 1.29 is 22.4 Å². The number of carbonyl (C=O) groups excluding carboxylic acids is 2. The summed E-state index contributed by atoms with van der Waals surface area (Å²) in [4.78, 5) is 27.6. The van der Waals surface area contributed by atoms with Gasteiger partial charge in [0.05, 0.1) is 22.9 Å². The van der Waals surface area contributed by atoms with E-state index in [4.69, 9.17) is 0 Å². The molecule has 4 rings (SSSR count). The normalized spacial score (nSPS) is 20.7. The number of amides is 2. The van der Waals surface area contributed by atoms with E-state index in [0.29, 0.717) is 12.1 Å². The molecule has 2 amide bonds. The molecule has 7 nitrogen and oxygen atoms in total. The van der Waals surface area contributed by atoms with Crippen LogP contribution in [0.25, 0.3) is 0 Å². The summed E-state index contributed by atoms with van der Waals surface area (Å²) in [5.74, 6) is -1.33. The van der Waals surface area contributed by atoms with Crippen LogP contribution in [0.15, 0.2) is 48.5 Å². The largest absolute Gasteiger partial charge is 0.350 e. The summed E-state index contributed by atoms with van der Waals surface area (Å²) < 4.78 is 39.1. The van der Waals surface area contributed by atoms with Gasteiger partial charge in [0.15, 0.2) is 0 Å². The number of halogens is 1. The second kappa shape index (κ2) is 8.87. The molecule has 2 aromatic carbocycles. The number of benzene rings is 2. The van der Waals surface area contributed by atoms with Gasteiger partial charge in [-0.2, -0.15) is 0 Å². The molecular formula is C24H28FN3O4S. The molecule has 33 heavy (non-hydrogen) atoms. The zero-order valence-electron chi connectivity index (χ0n) is 18.8. The summed E-state index contributed by atoms with van der Waals surface area (Å²) >= 11 is 0. The standard InChI is InChI=1S/C24H28FN3O4S/c1-24(2)16-33(31,32)28(23(24)30)20-11-7-18(8-12-20)22(29)26-15-21(27-13-3-4-14-27)17-5-9-19(25)10-6-17/h5-12,21H,3-4,13-16H2,1-2H3,(H,26,29). The maximum atomic E-state index is 13.4. The van der Waals surface area contributed by atoms with Gasteiger partial charge < -0.3 is 5.32 Å². The Morgan fingerprint density at radius 2 is 1.67 bits per heavy atom. The van der Waals surface area contributed by atoms with Crippen LogP contribution in [-0.4, -0.2) is 50.5 Å². The first-order valence-electron chi connectivity index (χ1n) is 11.0. The SMILES string of the molecule is CC1(C)CS(=O)(=O)N(c2ccc(C(=O)NCC(c3ccc(F)cc3)N3CCCC3)cc2)C1=O. The number of carbonyl (C=O) groups is 2. The third kappa shape index (κ3) is 4.79. The molecule has 2 heterocycles. The molecule has 1 atom stereocenters. The first-order valence-corrected chi connectivity index (χ1v) is 12.6. The molecule has 2 aromatic rings. The van der Waals surface area contributed by atoms with Crippen molar-refractivity contribution in [1.29, 1.82) is 0 Å². The molecule has 2 aliphatic heterocycles. The van der Waals surface area contributed by atoms with E-state index >= 15 is 0 Å². The van der Waals surface area contributed by atoms with Crippen molar-refractivity contribution in [3.63, 3.8) is 0 Å². The third-order valence-electron chi connectivity index (χ3n) is 6.24. The number of nitrogens with zero attached hydrogens (tertiary/aromatic N) is 2. The quantitative estimate of drug-likeness (QED) is 0.697. The van der Waals surface area contributed by atoms with E-state index in [1.165, 1.54) is 36.4 Å². The molecular weight excluding hydrogens is 445 g/mol. The van der Waals surface area contributed by atoms with Crippen LogP contribution in [0.3, 0.4) is 0 Å². The topological polar surface area (TPSA) is 86.8 Å². The minimum atomic E-state index is -3.74. The first kappa shape index (κ1) is 23.4. The van der Waals surface area contributed by atoms with E-state index in [0.717, 1.165) is 35.8 Å². The lowest BCUT2D eigenvalue weighted by atomic mass is 9.95. The van der Waals surface area contributed by atoms with Crippen molar-refractivity contribution >= 4 is 27.5 Å². The molecule has 0 aliphatic carbocycles. The van der Waals surface area contributed by atoms with Crippen LogP contribution in [-0.2, 0) is 14.8 Å². The van der Waals surface area contributed by atoms with Crippen LogP contribution in [0.1, 0.15) is 48.7 Å². The number of hydrogen-bond acceptors (Lipinski definition) is 5. The highest BCUT2D eigenvalue weighted by Gasteiger charge is 2.49. The summed E-state index contributed by atoms with van der Waals surface area (Å²) in [6.07, 6.45) is 2.17. The molecule has 9 heteroatoms. The van der Waals surface area contributed by atoms with Crippen molar-refractivity contribution in [3.8, 4) is 0 Å². The number of anilines is 1. The predicted molar refractivity (Wildman–Crippen MR) is 124 cm³/mol. The second-order valence-electron chi connectivity index (χ2n) is 9.28. The second-order valence-corrected chi connectivity index (χ2v) is 11.1. The highest BCUT2D eigenvalue weighted by Crippen LogP contribution is 2.35. The van der Waals surface area contributed by atoms with Crippen LogP contribution in [0.5, 0.6) is 0 Å². The van der Waals surface area contributed by atoms with Crippen molar-refractivity contribution in [2.24, 2.45) is 5.41 Å². The number of rotatable bonds is 6. The maximum Gasteiger partial charge on any atom is 0.251 e. The van der Waals surface area contributed by atoms with Gasteiger partial charge >= 0.3 is 0 Å². The van der Waals surface area contributed by atoms with Gasteiger partial charge in [0.1, 0.15) is 5.82 Å². The van der Waals surface area contributed by atoms with Crippen LogP contribution in [0.2, 0.25) is 0 Å². The molecule has 1 N–H and O–H groups in total. The van der Waals surface area contributed by atoms with E-state index < -0.39 is 21.3 Å². The average molecular weight is 474 g/mol. The van der Waals surface area contributed by atoms with Crippen molar-refractivity contribution in [1.82, 2.24) is 10.2 Å². The number of hydrogen-bond donors (Lipinski definition) is 1. The summed E-state index contributed by atoms with van der Waals surface area (Å²) in [5, 5.41) is 2.94. The monoisotopic (exact) mass is 473 g/mol. The molecule has 0 aromatic heterocycles. The van der Waals surface area contributed by atoms with E-state index in [9.17, 15) is 22.4 Å². The molecule has 2 aliphatic rings. The fraction of sp³-hybridized carbons (Fsp3) is 0.417. The molecule has 2 fully saturated rings. The lowest BCUT2D eigenvalue weighted by molar-refractivity contribution is -0.123. The highest BCUT2D eigenvalue weighted by molar-refractivity contribution is 7.94. The number of likely N-dealkylation sites (tertiary alicyclic amines) is 1. The Balaban J connectivity index is 1.47. The minimum absolute atomic E-state index is 0.0640. The van der Waals surface area contributed by atoms with Gasteiger partial charge in [-0.1, -0.05) is 12.1 Å². The molecule has 0 saturated carbocycles. The van der Waals surface area contributed by atoms with Crippen LogP contribution in [0, 0.1) is 11.2 Å². The molecule has 176 valence electrons. The summed E-state index contributed by atoms with van der Waals surface area (Å²) in [6, 6.07) is 12.3. The van der Waals surface area contributed by atoms with E-state index in [2.05, 4.69) is 10.2 Å². The first-order chi connectivity index (χ1) is 15.6. The molecule has 0 bridgehead atoms. The minimum Gasteiger partial charge on any atom is -0.350 e. The average Bonchev–Trinajstić information content (AvgIpc) is 3.34. The van der Waals surface area contributed by atoms with Gasteiger partial charge in [-0.25, -0.2) is 17.1 Å². The predicted octanol–water partition coefficient (Wildman–Crippen LogP) is 3.10. The number of sulfonamides is 1. The van der Waals surface area contributed by atoms with Crippen molar-refractivity contribution in [3.05, 3.63) is 65.5 Å². The molecule has 0 spiro atoms. The zero-order valence-corrected chi connectivity index (χ0v) is 19.6. The zero-order chi connectivity index (χ0) is 23.8. The Bertz CT molecular complexity index is 1140. The van der Waals surface area contributed by atoms with Gasteiger partial charge in [0.2, 0.25) is 15.9 Å². The van der Waals surface area contributed by atoms with Gasteiger partial charge in [0, 0.05) is 12.1 Å². The summed E-state index contributed by atoms with van der Waals surface area (Å²) in [6.45, 7) is 5.40. The van der Waals surface area contributed by atoms with Crippen LogP contribution >= 0.6 is 0 Å². The Morgan fingerprint density at radius 1 is 1.06 bits per heavy atom. The van der Waals surface area contributed by atoms with Crippen molar-refractivity contribution in [2.75, 3.05) is 29.7 Å². The Morgan fingerprint density at radius 3 is 2.21 bits per heavy atom. The van der Waals surface area contributed by atoms with E-state index in [1.54, 1.807) is 26.0 Å². The lowest BCUT2D eigenvalue weighted by Gasteiger charge is -2.28. The lowest BCUT2D eigenvalue weighted by Crippen LogP contribution is -2.37. The van der Waals surface area contributed by atoms with Gasteiger partial charge in [0.25, 0.3) is 5.91 Å². The smallest absolute Gasteiger partial charge is 0.251 e. The van der Waals surface area contributed by atoms with Crippen molar-refractivity contribution in [2.45, 2.75) is 32.7 Å². The van der Waals surface area contributed by atoms with Gasteiger partial charge in [-0.15, -0.1) is 0 Å². The molecule has 0 radical (unpaired) electrons. The van der Waals surface area contributed by atoms with Gasteiger partial charge in [-0.3, -0.25) is 14.5 Å². The molecule has 1 unspecified atom stereocenters. The summed E-state index contributed by atoms with van der Waals surface area (Å²) in [7, 11) is -3.74. The van der Waals surface area contributed by atoms with E-state index in [-0.39, 0.29) is 29.2 Å². The van der Waals surface area contributed by atoms with E-state index in [1.807, 2.05) is 0 Å². The Kier molecular flexibility index (Phi) is 6.28. The number of nitrogens with one attached hydrogen (secondary N) is 1. The third-order valence-corrected chi connectivity index (χ3v) is 8.26. The Hall–Kier alpha value is -2.78. The fourth-order valence-electron chi connectivity index (χ4n) is 4.50. The van der Waals surface area contributed by atoms with Gasteiger partial charge in [-0.05, 0) is 81.7 Å². The molecule has 2 saturated heterocycles. The fourth-order valence-corrected chi connectivity index (χ4v) is 6.60. The summed E-state index contributed by atoms with van der Waals surface area (Å²) in [5.41, 5.74) is 0.541. The highest BCUT2D eigenvalue weighted by atomic mass is 32.2. The Labute approximate surface area is 193 Å². The maximum absolute atomic E-state index is 13.4.